The molecule has 0 aliphatic carbocycles. The van der Waals surface area contributed by atoms with E-state index in [2.05, 4.69) is 9.88 Å². The van der Waals surface area contributed by atoms with Crippen molar-refractivity contribution in [2.24, 2.45) is 0 Å². The van der Waals surface area contributed by atoms with Gasteiger partial charge in [-0.2, -0.15) is 4.31 Å². The number of aliphatic hydroxyl groups excluding tert-OH is 1. The molecule has 6 nitrogen and oxygen atoms in total. The van der Waals surface area contributed by atoms with E-state index in [0.29, 0.717) is 6.54 Å². The Labute approximate surface area is 125 Å². The number of β-amino-alcohol motifs (C(OH)–C–C–N with tert-alkyl or cyclic N) is 1. The van der Waals surface area contributed by atoms with Crippen molar-refractivity contribution in [1.29, 1.82) is 0 Å². The van der Waals surface area contributed by atoms with Gasteiger partial charge < -0.3 is 5.11 Å². The zero-order valence-corrected chi connectivity index (χ0v) is 12.7. The Hall–Kier alpha value is -1.02. The number of piperidine rings is 1. The summed E-state index contributed by atoms with van der Waals surface area (Å²) >= 11 is 0. The second kappa shape index (κ2) is 6.00. The van der Waals surface area contributed by atoms with Crippen molar-refractivity contribution in [3.63, 3.8) is 0 Å². The number of nitrogens with zero attached hydrogens (tertiary/aromatic N) is 3. The molecular formula is C14H21N3O3S. The largest absolute Gasteiger partial charge is 0.390 e. The molecule has 116 valence electrons. The first-order valence-electron chi connectivity index (χ1n) is 7.41. The van der Waals surface area contributed by atoms with Crippen molar-refractivity contribution >= 4 is 10.0 Å². The van der Waals surface area contributed by atoms with Crippen LogP contribution in [0.4, 0.5) is 0 Å². The Morgan fingerprint density at radius 3 is 2.62 bits per heavy atom. The first-order chi connectivity index (χ1) is 10.1. The van der Waals surface area contributed by atoms with E-state index in [-0.39, 0.29) is 17.5 Å². The molecule has 1 N–H and O–H groups in total. The van der Waals surface area contributed by atoms with Crippen LogP contribution in [-0.2, 0) is 10.0 Å². The van der Waals surface area contributed by atoms with Crippen LogP contribution in [0.15, 0.2) is 29.4 Å². The van der Waals surface area contributed by atoms with Crippen molar-refractivity contribution in [3.05, 3.63) is 24.5 Å². The van der Waals surface area contributed by atoms with Crippen LogP contribution in [0.5, 0.6) is 0 Å². The summed E-state index contributed by atoms with van der Waals surface area (Å²) in [4.78, 5) is 6.29. The highest BCUT2D eigenvalue weighted by atomic mass is 32.2. The van der Waals surface area contributed by atoms with E-state index >= 15 is 0 Å². The minimum Gasteiger partial charge on any atom is -0.390 e. The first-order valence-corrected chi connectivity index (χ1v) is 8.85. The molecule has 2 aliphatic heterocycles. The molecule has 0 bridgehead atoms. The van der Waals surface area contributed by atoms with E-state index in [9.17, 15) is 13.5 Å². The predicted octanol–water partition coefficient (Wildman–Crippen LogP) is 0.301. The van der Waals surface area contributed by atoms with Gasteiger partial charge in [-0.05, 0) is 38.1 Å². The second-order valence-corrected chi connectivity index (χ2v) is 7.68. The van der Waals surface area contributed by atoms with Crippen LogP contribution >= 0.6 is 0 Å². The maximum absolute atomic E-state index is 12.6. The van der Waals surface area contributed by atoms with E-state index < -0.39 is 16.1 Å². The van der Waals surface area contributed by atoms with Crippen LogP contribution in [-0.4, -0.2) is 66.0 Å². The lowest BCUT2D eigenvalue weighted by Gasteiger charge is -2.33. The van der Waals surface area contributed by atoms with E-state index in [1.54, 1.807) is 18.3 Å². The zero-order valence-electron chi connectivity index (χ0n) is 11.9. The molecule has 0 unspecified atom stereocenters. The number of aromatic nitrogens is 1. The summed E-state index contributed by atoms with van der Waals surface area (Å²) in [6, 6.07) is 3.07. The van der Waals surface area contributed by atoms with Gasteiger partial charge in [-0.25, -0.2) is 8.42 Å². The third kappa shape index (κ3) is 2.96. The van der Waals surface area contributed by atoms with Gasteiger partial charge in [0.25, 0.3) is 0 Å². The number of hydrogen-bond donors (Lipinski definition) is 1. The number of likely N-dealkylation sites (tertiary alicyclic amines) is 1. The van der Waals surface area contributed by atoms with Gasteiger partial charge in [0.1, 0.15) is 4.90 Å². The van der Waals surface area contributed by atoms with Crippen molar-refractivity contribution in [2.75, 3.05) is 26.2 Å². The lowest BCUT2D eigenvalue weighted by Crippen LogP contribution is -2.46. The van der Waals surface area contributed by atoms with Gasteiger partial charge in [0.2, 0.25) is 10.0 Å². The van der Waals surface area contributed by atoms with Gasteiger partial charge in [-0.3, -0.25) is 9.88 Å². The summed E-state index contributed by atoms with van der Waals surface area (Å²) in [6.07, 6.45) is 5.76. The Balaban J connectivity index is 1.76. The van der Waals surface area contributed by atoms with Gasteiger partial charge in [0, 0.05) is 25.5 Å². The molecule has 7 heteroatoms. The maximum Gasteiger partial charge on any atom is 0.244 e. The Bertz CT molecular complexity index is 572. The molecule has 0 saturated carbocycles. The second-order valence-electron chi connectivity index (χ2n) is 5.74. The third-order valence-electron chi connectivity index (χ3n) is 4.36. The number of rotatable bonds is 3. The van der Waals surface area contributed by atoms with E-state index in [4.69, 9.17) is 0 Å². The lowest BCUT2D eigenvalue weighted by atomic mass is 10.1. The Morgan fingerprint density at radius 2 is 1.95 bits per heavy atom. The molecule has 0 radical (unpaired) electrons. The molecule has 2 aliphatic rings. The summed E-state index contributed by atoms with van der Waals surface area (Å²) in [6.45, 7) is 2.42. The van der Waals surface area contributed by atoms with Crippen molar-refractivity contribution < 1.29 is 13.5 Å². The SMILES string of the molecule is O=S(=O)(c1cccnc1)N1C[C@H](O)[C@@H](N2CCCCC2)C1. The number of sulfonamides is 1. The molecule has 0 aromatic carbocycles. The highest BCUT2D eigenvalue weighted by Crippen LogP contribution is 2.25. The Kier molecular flexibility index (Phi) is 4.26. The first kappa shape index (κ1) is 14.9. The molecular weight excluding hydrogens is 290 g/mol. The van der Waals surface area contributed by atoms with Crippen LogP contribution in [0.2, 0.25) is 0 Å². The van der Waals surface area contributed by atoms with Gasteiger partial charge >= 0.3 is 0 Å². The summed E-state index contributed by atoms with van der Waals surface area (Å²) in [5.74, 6) is 0. The van der Waals surface area contributed by atoms with Crippen LogP contribution in [0.3, 0.4) is 0 Å². The van der Waals surface area contributed by atoms with Gasteiger partial charge in [-0.1, -0.05) is 6.42 Å². The van der Waals surface area contributed by atoms with Crippen LogP contribution in [0, 0.1) is 0 Å². The summed E-state index contributed by atoms with van der Waals surface area (Å²) in [5.41, 5.74) is 0. The fraction of sp³-hybridized carbons (Fsp3) is 0.643. The number of hydrogen-bond acceptors (Lipinski definition) is 5. The molecule has 3 rings (SSSR count). The van der Waals surface area contributed by atoms with Gasteiger partial charge in [0.15, 0.2) is 0 Å². The lowest BCUT2D eigenvalue weighted by molar-refractivity contribution is 0.0706. The smallest absolute Gasteiger partial charge is 0.244 e. The number of pyridine rings is 1. The number of aliphatic hydroxyl groups is 1. The molecule has 3 heterocycles. The van der Waals surface area contributed by atoms with Gasteiger partial charge in [-0.15, -0.1) is 0 Å². The molecule has 21 heavy (non-hydrogen) atoms. The molecule has 1 aromatic heterocycles. The topological polar surface area (TPSA) is 73.7 Å². The van der Waals surface area contributed by atoms with Crippen molar-refractivity contribution in [3.8, 4) is 0 Å². The quantitative estimate of drug-likeness (QED) is 0.869. The predicted molar refractivity (Wildman–Crippen MR) is 78.2 cm³/mol. The standard InChI is InChI=1S/C14H21N3O3S/c18-14-11-17(10-13(14)16-7-2-1-3-8-16)21(19,20)12-5-4-6-15-9-12/h4-6,9,13-14,18H,1-3,7-8,10-11H2/t13-,14-/m0/s1. The van der Waals surface area contributed by atoms with E-state index in [1.165, 1.54) is 16.9 Å². The van der Waals surface area contributed by atoms with E-state index in [0.717, 1.165) is 25.9 Å². The van der Waals surface area contributed by atoms with Gasteiger partial charge in [0.05, 0.1) is 12.1 Å². The zero-order chi connectivity index (χ0) is 14.9. The molecule has 2 atom stereocenters. The minimum atomic E-state index is -3.56. The molecule has 0 spiro atoms. The average molecular weight is 311 g/mol. The molecule has 0 amide bonds. The summed E-state index contributed by atoms with van der Waals surface area (Å²) in [5, 5.41) is 10.3. The summed E-state index contributed by atoms with van der Waals surface area (Å²) < 4.78 is 26.5. The molecule has 2 fully saturated rings. The maximum atomic E-state index is 12.6. The van der Waals surface area contributed by atoms with Crippen molar-refractivity contribution in [1.82, 2.24) is 14.2 Å². The normalized spacial score (nSPS) is 28.8. The Morgan fingerprint density at radius 1 is 1.19 bits per heavy atom. The fourth-order valence-electron chi connectivity index (χ4n) is 3.19. The highest BCUT2D eigenvalue weighted by molar-refractivity contribution is 7.89. The van der Waals surface area contributed by atoms with Crippen LogP contribution in [0.1, 0.15) is 19.3 Å². The molecule has 2 saturated heterocycles. The monoisotopic (exact) mass is 311 g/mol. The fourth-order valence-corrected chi connectivity index (χ4v) is 4.63. The minimum absolute atomic E-state index is 0.0863. The van der Waals surface area contributed by atoms with Crippen LogP contribution in [0.25, 0.3) is 0 Å². The van der Waals surface area contributed by atoms with Crippen molar-refractivity contribution in [2.45, 2.75) is 36.3 Å². The molecule has 1 aromatic rings. The average Bonchev–Trinajstić information content (AvgIpc) is 2.92. The highest BCUT2D eigenvalue weighted by Gasteiger charge is 2.41. The van der Waals surface area contributed by atoms with Crippen LogP contribution < -0.4 is 0 Å². The van der Waals surface area contributed by atoms with E-state index in [1.807, 2.05) is 0 Å². The summed E-state index contributed by atoms with van der Waals surface area (Å²) in [7, 11) is -3.56. The third-order valence-corrected chi connectivity index (χ3v) is 6.17.